The van der Waals surface area contributed by atoms with Gasteiger partial charge in [-0.3, -0.25) is 14.2 Å². The molecule has 1 heterocycles. The van der Waals surface area contributed by atoms with Crippen molar-refractivity contribution in [3.05, 3.63) is 76.3 Å². The van der Waals surface area contributed by atoms with Gasteiger partial charge in [-0.1, -0.05) is 84.0 Å². The van der Waals surface area contributed by atoms with E-state index in [0.29, 0.717) is 42.7 Å². The third kappa shape index (κ3) is 6.81. The van der Waals surface area contributed by atoms with E-state index in [1.54, 1.807) is 4.57 Å². The van der Waals surface area contributed by atoms with Crippen LogP contribution in [-0.2, 0) is 17.9 Å². The Kier molecular flexibility index (Phi) is 8.87. The number of rotatable bonds is 10. The molecule has 0 N–H and O–H groups in total. The molecule has 35 heavy (non-hydrogen) atoms. The van der Waals surface area contributed by atoms with Crippen molar-refractivity contribution < 1.29 is 4.79 Å². The van der Waals surface area contributed by atoms with Crippen LogP contribution in [0.5, 0.6) is 0 Å². The van der Waals surface area contributed by atoms with Crippen molar-refractivity contribution in [2.75, 3.05) is 0 Å². The summed E-state index contributed by atoms with van der Waals surface area (Å²) in [5, 5.41) is 0.624. The second-order valence-corrected chi connectivity index (χ2v) is 10.9. The van der Waals surface area contributed by atoms with Gasteiger partial charge in [-0.15, -0.1) is 0 Å². The molecule has 0 aliphatic heterocycles. The van der Waals surface area contributed by atoms with Gasteiger partial charge in [0.05, 0.1) is 16.9 Å². The van der Waals surface area contributed by atoms with Gasteiger partial charge in [0.15, 0.2) is 0 Å². The number of carbonyl (C=O) groups is 1. The summed E-state index contributed by atoms with van der Waals surface area (Å²) in [5.74, 6) is 1.06. The first kappa shape index (κ1) is 26.7. The summed E-state index contributed by atoms with van der Waals surface area (Å²) in [6.45, 7) is 14.0. The third-order valence-electron chi connectivity index (χ3n) is 6.40. The first-order valence-electron chi connectivity index (χ1n) is 13.0. The summed E-state index contributed by atoms with van der Waals surface area (Å²) in [6.07, 6.45) is 2.95. The quantitative estimate of drug-likeness (QED) is 0.326. The molecule has 0 saturated carbocycles. The number of nitrogens with zero attached hydrogens (tertiary/aromatic N) is 3. The molecule has 0 aliphatic carbocycles. The fourth-order valence-corrected chi connectivity index (χ4v) is 5.11. The lowest BCUT2D eigenvalue weighted by molar-refractivity contribution is -0.136. The van der Waals surface area contributed by atoms with Crippen molar-refractivity contribution in [1.29, 1.82) is 0 Å². The highest BCUT2D eigenvalue weighted by Crippen LogP contribution is 2.30. The molecule has 5 heteroatoms. The second-order valence-electron chi connectivity index (χ2n) is 10.9. The van der Waals surface area contributed by atoms with Gasteiger partial charge in [0.2, 0.25) is 5.91 Å². The Labute approximate surface area is 210 Å². The molecule has 1 aromatic heterocycles. The molecule has 3 rings (SSSR count). The molecule has 0 bridgehead atoms. The molecule has 0 spiro atoms. The molecule has 0 radical (unpaired) electrons. The van der Waals surface area contributed by atoms with Crippen molar-refractivity contribution in [3.8, 4) is 0 Å². The van der Waals surface area contributed by atoms with Crippen LogP contribution in [0.3, 0.4) is 0 Å². The van der Waals surface area contributed by atoms with Gasteiger partial charge < -0.3 is 4.90 Å². The van der Waals surface area contributed by atoms with Gasteiger partial charge in [0, 0.05) is 19.5 Å². The number of fused-ring (bicyclic) bond motifs is 1. The molecule has 188 valence electrons. The van der Waals surface area contributed by atoms with Gasteiger partial charge >= 0.3 is 0 Å². The Balaban J connectivity index is 2.08. The smallest absolute Gasteiger partial charge is 0.261 e. The van der Waals surface area contributed by atoms with E-state index in [1.165, 1.54) is 0 Å². The van der Waals surface area contributed by atoms with E-state index in [4.69, 9.17) is 4.98 Å². The first-order valence-corrected chi connectivity index (χ1v) is 13.0. The number of hydrogen-bond donors (Lipinski definition) is 0. The standard InChI is InChI=1S/C30H41N3O2/c1-7-18-32-28(31-25-17-13-12-16-24(25)29(32)35)26(8-2)33(21-23-14-10-9-11-15-23)27(34)19-22(3)20-30(4,5)6/h9-17,22,26H,7-8,18-21H2,1-6H3. The Morgan fingerprint density at radius 1 is 1.03 bits per heavy atom. The molecule has 2 aromatic carbocycles. The van der Waals surface area contributed by atoms with E-state index >= 15 is 0 Å². The highest BCUT2D eigenvalue weighted by Gasteiger charge is 2.30. The minimum Gasteiger partial charge on any atom is -0.328 e. The summed E-state index contributed by atoms with van der Waals surface area (Å²) in [7, 11) is 0. The zero-order chi connectivity index (χ0) is 25.6. The number of hydrogen-bond acceptors (Lipinski definition) is 3. The minimum atomic E-state index is -0.284. The predicted molar refractivity (Wildman–Crippen MR) is 144 cm³/mol. The molecule has 1 amide bonds. The van der Waals surface area contributed by atoms with E-state index in [2.05, 4.69) is 53.7 Å². The Hall–Kier alpha value is -2.95. The fraction of sp³-hybridized carbons (Fsp3) is 0.500. The maximum Gasteiger partial charge on any atom is 0.261 e. The van der Waals surface area contributed by atoms with Gasteiger partial charge in [0.25, 0.3) is 5.56 Å². The summed E-state index contributed by atoms with van der Waals surface area (Å²) in [4.78, 5) is 34.2. The summed E-state index contributed by atoms with van der Waals surface area (Å²) in [5.41, 5.74) is 1.90. The summed E-state index contributed by atoms with van der Waals surface area (Å²) in [6, 6.07) is 17.3. The lowest BCUT2D eigenvalue weighted by Crippen LogP contribution is -2.39. The number of amides is 1. The van der Waals surface area contributed by atoms with Crippen molar-refractivity contribution in [2.45, 2.75) is 86.4 Å². The SMILES string of the molecule is CCCn1c(C(CC)N(Cc2ccccc2)C(=O)CC(C)CC(C)(C)C)nc2ccccc2c1=O. The van der Waals surface area contributed by atoms with Crippen LogP contribution >= 0.6 is 0 Å². The van der Waals surface area contributed by atoms with Crippen LogP contribution in [0, 0.1) is 11.3 Å². The summed E-state index contributed by atoms with van der Waals surface area (Å²) >= 11 is 0. The molecule has 2 atom stereocenters. The lowest BCUT2D eigenvalue weighted by Gasteiger charge is -2.34. The lowest BCUT2D eigenvalue weighted by atomic mass is 9.84. The average molecular weight is 476 g/mol. The fourth-order valence-electron chi connectivity index (χ4n) is 5.11. The number of aromatic nitrogens is 2. The highest BCUT2D eigenvalue weighted by atomic mass is 16.2. The zero-order valence-corrected chi connectivity index (χ0v) is 22.3. The molecule has 3 aromatic rings. The highest BCUT2D eigenvalue weighted by molar-refractivity contribution is 5.78. The van der Waals surface area contributed by atoms with E-state index < -0.39 is 0 Å². The first-order chi connectivity index (χ1) is 16.6. The monoisotopic (exact) mass is 475 g/mol. The van der Waals surface area contributed by atoms with Crippen LogP contribution in [0.2, 0.25) is 0 Å². The molecule has 2 unspecified atom stereocenters. The number of para-hydroxylation sites is 1. The van der Waals surface area contributed by atoms with Crippen molar-refractivity contribution >= 4 is 16.8 Å². The normalized spacial score (nSPS) is 13.5. The zero-order valence-electron chi connectivity index (χ0n) is 22.3. The van der Waals surface area contributed by atoms with Crippen LogP contribution in [0.4, 0.5) is 0 Å². The molecule has 0 fully saturated rings. The average Bonchev–Trinajstić information content (AvgIpc) is 2.80. The van der Waals surface area contributed by atoms with Crippen LogP contribution in [0.15, 0.2) is 59.4 Å². The van der Waals surface area contributed by atoms with Crippen LogP contribution < -0.4 is 5.56 Å². The van der Waals surface area contributed by atoms with Crippen molar-refractivity contribution in [3.63, 3.8) is 0 Å². The predicted octanol–water partition coefficient (Wildman–Crippen LogP) is 6.75. The largest absolute Gasteiger partial charge is 0.328 e. The third-order valence-corrected chi connectivity index (χ3v) is 6.40. The maximum absolute atomic E-state index is 13.8. The van der Waals surface area contributed by atoms with Crippen LogP contribution in [-0.4, -0.2) is 20.4 Å². The van der Waals surface area contributed by atoms with E-state index in [-0.39, 0.29) is 28.8 Å². The van der Waals surface area contributed by atoms with Crippen molar-refractivity contribution in [2.24, 2.45) is 11.3 Å². The van der Waals surface area contributed by atoms with Gasteiger partial charge in [-0.05, 0) is 48.3 Å². The van der Waals surface area contributed by atoms with E-state index in [0.717, 1.165) is 18.4 Å². The summed E-state index contributed by atoms with van der Waals surface area (Å²) < 4.78 is 1.79. The Bertz CT molecular complexity index is 1180. The molecule has 0 aliphatic rings. The topological polar surface area (TPSA) is 55.2 Å². The van der Waals surface area contributed by atoms with E-state index in [9.17, 15) is 9.59 Å². The molecular formula is C30H41N3O2. The van der Waals surface area contributed by atoms with Gasteiger partial charge in [-0.25, -0.2) is 4.98 Å². The van der Waals surface area contributed by atoms with Crippen molar-refractivity contribution in [1.82, 2.24) is 14.5 Å². The number of benzene rings is 2. The van der Waals surface area contributed by atoms with Crippen LogP contribution in [0.1, 0.15) is 84.7 Å². The van der Waals surface area contributed by atoms with Gasteiger partial charge in [0.1, 0.15) is 5.82 Å². The Morgan fingerprint density at radius 2 is 1.69 bits per heavy atom. The Morgan fingerprint density at radius 3 is 2.31 bits per heavy atom. The molecule has 0 saturated heterocycles. The second kappa shape index (κ2) is 11.7. The van der Waals surface area contributed by atoms with Gasteiger partial charge in [-0.2, -0.15) is 0 Å². The molecular weight excluding hydrogens is 434 g/mol. The van der Waals surface area contributed by atoms with E-state index in [1.807, 2.05) is 47.4 Å². The van der Waals surface area contributed by atoms with Crippen LogP contribution in [0.25, 0.3) is 10.9 Å². The number of carbonyl (C=O) groups excluding carboxylic acids is 1. The maximum atomic E-state index is 13.8. The molecule has 5 nitrogen and oxygen atoms in total. The minimum absolute atomic E-state index is 0.0286.